The lowest BCUT2D eigenvalue weighted by molar-refractivity contribution is -0.126. The molecule has 1 aromatic rings. The zero-order chi connectivity index (χ0) is 16.5. The molecule has 2 heterocycles. The van der Waals surface area contributed by atoms with Crippen molar-refractivity contribution in [2.75, 3.05) is 13.6 Å². The number of carbonyl (C=O) groups excluding carboxylic acids is 1. The molecule has 4 rings (SSSR count). The number of hydrogen-bond acceptors (Lipinski definition) is 4. The van der Waals surface area contributed by atoms with Crippen LogP contribution >= 0.6 is 11.8 Å². The number of hydrogen-bond donors (Lipinski definition) is 2. The average Bonchev–Trinajstić information content (AvgIpc) is 3.25. The van der Waals surface area contributed by atoms with Crippen molar-refractivity contribution in [3.8, 4) is 0 Å². The number of thioether (sulfide) groups is 1. The number of amides is 1. The summed E-state index contributed by atoms with van der Waals surface area (Å²) < 4.78 is 0. The van der Waals surface area contributed by atoms with Gasteiger partial charge in [-0.15, -0.1) is 11.8 Å². The van der Waals surface area contributed by atoms with Crippen LogP contribution in [0.2, 0.25) is 0 Å². The van der Waals surface area contributed by atoms with E-state index in [4.69, 9.17) is 0 Å². The monoisotopic (exact) mass is 343 g/mol. The second-order valence-corrected chi connectivity index (χ2v) is 8.25. The summed E-state index contributed by atoms with van der Waals surface area (Å²) >= 11 is 1.79. The van der Waals surface area contributed by atoms with Gasteiger partial charge in [-0.3, -0.25) is 10.1 Å². The molecule has 2 N–H and O–H groups in total. The summed E-state index contributed by atoms with van der Waals surface area (Å²) in [5, 5.41) is 6.95. The summed E-state index contributed by atoms with van der Waals surface area (Å²) in [7, 11) is 2.19. The van der Waals surface area contributed by atoms with Crippen LogP contribution in [-0.4, -0.2) is 42.0 Å². The summed E-state index contributed by atoms with van der Waals surface area (Å²) in [4.78, 5) is 16.2. The van der Waals surface area contributed by atoms with E-state index < -0.39 is 0 Å². The first-order valence-corrected chi connectivity index (χ1v) is 9.79. The summed E-state index contributed by atoms with van der Waals surface area (Å²) in [6.45, 7) is 0.876. The Labute approximate surface area is 148 Å². The number of carbonyl (C=O) groups is 1. The molecule has 2 fully saturated rings. The number of nitrogens with zero attached hydrogens (tertiary/aromatic N) is 1. The Morgan fingerprint density at radius 3 is 2.71 bits per heavy atom. The molecule has 0 spiro atoms. The van der Waals surface area contributed by atoms with Gasteiger partial charge in [0.05, 0.1) is 17.5 Å². The van der Waals surface area contributed by atoms with Crippen LogP contribution < -0.4 is 10.6 Å². The topological polar surface area (TPSA) is 44.4 Å². The first-order valence-electron chi connectivity index (χ1n) is 8.91. The minimum absolute atomic E-state index is 0.0420. The lowest BCUT2D eigenvalue weighted by atomic mass is 10.0. The molecule has 0 radical (unpaired) electrons. The van der Waals surface area contributed by atoms with Gasteiger partial charge in [-0.2, -0.15) is 0 Å². The number of nitrogens with one attached hydrogen (secondary N) is 2. The largest absolute Gasteiger partial charge is 0.339 e. The van der Waals surface area contributed by atoms with Crippen molar-refractivity contribution in [3.63, 3.8) is 0 Å². The molecule has 4 nitrogen and oxygen atoms in total. The molecule has 0 aromatic heterocycles. The number of likely N-dealkylation sites (N-methyl/N-ethyl adjacent to an activating group) is 1. The highest BCUT2D eigenvalue weighted by Gasteiger charge is 2.40. The molecule has 3 unspecified atom stereocenters. The number of benzene rings is 1. The maximum Gasteiger partial charge on any atom is 0.230 e. The highest BCUT2D eigenvalue weighted by Crippen LogP contribution is 2.42. The Morgan fingerprint density at radius 2 is 1.96 bits per heavy atom. The fourth-order valence-electron chi connectivity index (χ4n) is 4.01. The molecular formula is C19H25N3OS. The lowest BCUT2D eigenvalue weighted by Gasteiger charge is -2.36. The van der Waals surface area contributed by atoms with Crippen LogP contribution in [0, 0.1) is 5.92 Å². The third kappa shape index (κ3) is 3.25. The molecule has 1 aliphatic carbocycles. The standard InChI is InChI=1S/C19H25N3OS/c1-22(14-9-5-6-10-14)12-17-20-18(23)15-11-16(24-19(15)21-17)13-7-3-2-4-8-13/h2-4,7-8,11,14-15,17,19,21H,5-6,9-10,12H2,1H3,(H,20,23). The smallest absolute Gasteiger partial charge is 0.230 e. The van der Waals surface area contributed by atoms with Crippen molar-refractivity contribution < 1.29 is 4.79 Å². The number of rotatable bonds is 4. The van der Waals surface area contributed by atoms with Crippen LogP contribution in [0.5, 0.6) is 0 Å². The second kappa shape index (κ2) is 6.90. The van der Waals surface area contributed by atoms with Crippen molar-refractivity contribution in [2.45, 2.75) is 43.3 Å². The molecule has 3 atom stereocenters. The zero-order valence-electron chi connectivity index (χ0n) is 14.1. The van der Waals surface area contributed by atoms with Gasteiger partial charge in [-0.1, -0.05) is 49.2 Å². The highest BCUT2D eigenvalue weighted by atomic mass is 32.2. The highest BCUT2D eigenvalue weighted by molar-refractivity contribution is 8.09. The minimum Gasteiger partial charge on any atom is -0.339 e. The molecule has 1 aromatic carbocycles. The Bertz CT molecular complexity index is 627. The van der Waals surface area contributed by atoms with Crippen LogP contribution in [0.4, 0.5) is 0 Å². The van der Waals surface area contributed by atoms with E-state index in [1.165, 1.54) is 36.2 Å². The van der Waals surface area contributed by atoms with E-state index in [1.807, 2.05) is 18.2 Å². The number of fused-ring (bicyclic) bond motifs is 1. The Balaban J connectivity index is 1.40. The zero-order valence-corrected chi connectivity index (χ0v) is 14.9. The molecule has 128 valence electrons. The molecule has 5 heteroatoms. The van der Waals surface area contributed by atoms with E-state index in [-0.39, 0.29) is 23.4 Å². The third-order valence-corrected chi connectivity index (χ3v) is 6.68. The van der Waals surface area contributed by atoms with E-state index in [0.29, 0.717) is 6.04 Å². The van der Waals surface area contributed by atoms with E-state index >= 15 is 0 Å². The van der Waals surface area contributed by atoms with Gasteiger partial charge in [0.2, 0.25) is 5.91 Å². The fourth-order valence-corrected chi connectivity index (χ4v) is 5.36. The molecule has 0 bridgehead atoms. The van der Waals surface area contributed by atoms with Crippen molar-refractivity contribution in [1.29, 1.82) is 0 Å². The SMILES string of the molecule is CN(CC1NC(=O)C2C=C(c3ccccc3)SC2N1)C1CCCC1. The summed E-state index contributed by atoms with van der Waals surface area (Å²) in [5.74, 6) is 0.0836. The molecule has 1 amide bonds. The molecule has 24 heavy (non-hydrogen) atoms. The Kier molecular flexibility index (Phi) is 4.66. The van der Waals surface area contributed by atoms with Crippen LogP contribution in [0.25, 0.3) is 4.91 Å². The molecule has 3 aliphatic rings. The van der Waals surface area contributed by atoms with Gasteiger partial charge in [0.1, 0.15) is 0 Å². The van der Waals surface area contributed by atoms with Gasteiger partial charge in [-0.05, 0) is 25.5 Å². The van der Waals surface area contributed by atoms with Gasteiger partial charge >= 0.3 is 0 Å². The predicted octanol–water partition coefficient (Wildman–Crippen LogP) is 2.64. The minimum atomic E-state index is -0.0711. The maximum absolute atomic E-state index is 12.5. The maximum atomic E-state index is 12.5. The average molecular weight is 343 g/mol. The quantitative estimate of drug-likeness (QED) is 0.882. The van der Waals surface area contributed by atoms with E-state index in [1.54, 1.807) is 11.8 Å². The summed E-state index contributed by atoms with van der Waals surface area (Å²) in [5.41, 5.74) is 1.20. The molecule has 1 saturated carbocycles. The van der Waals surface area contributed by atoms with Crippen molar-refractivity contribution in [2.24, 2.45) is 5.92 Å². The predicted molar refractivity (Wildman–Crippen MR) is 99.2 cm³/mol. The van der Waals surface area contributed by atoms with Crippen LogP contribution in [0.1, 0.15) is 31.2 Å². The normalized spacial score (nSPS) is 30.3. The Morgan fingerprint density at radius 1 is 1.21 bits per heavy atom. The van der Waals surface area contributed by atoms with Gasteiger partial charge in [0.15, 0.2) is 0 Å². The fraction of sp³-hybridized carbons (Fsp3) is 0.526. The van der Waals surface area contributed by atoms with E-state index in [0.717, 1.165) is 6.54 Å². The van der Waals surface area contributed by atoms with Crippen molar-refractivity contribution in [3.05, 3.63) is 42.0 Å². The van der Waals surface area contributed by atoms with Crippen LogP contribution in [-0.2, 0) is 4.79 Å². The second-order valence-electron chi connectivity index (χ2n) is 7.07. The van der Waals surface area contributed by atoms with Crippen molar-refractivity contribution >= 4 is 22.6 Å². The van der Waals surface area contributed by atoms with E-state index in [2.05, 4.69) is 40.8 Å². The summed E-state index contributed by atoms with van der Waals surface area (Å²) in [6.07, 6.45) is 7.41. The third-order valence-electron chi connectivity index (χ3n) is 5.37. The van der Waals surface area contributed by atoms with Crippen LogP contribution in [0.15, 0.2) is 36.4 Å². The summed E-state index contributed by atoms with van der Waals surface area (Å²) in [6, 6.07) is 11.0. The van der Waals surface area contributed by atoms with Crippen LogP contribution in [0.3, 0.4) is 0 Å². The lowest BCUT2D eigenvalue weighted by Crippen LogP contribution is -2.62. The molecule has 1 saturated heterocycles. The van der Waals surface area contributed by atoms with Gasteiger partial charge in [0.25, 0.3) is 0 Å². The van der Waals surface area contributed by atoms with Gasteiger partial charge in [-0.25, -0.2) is 0 Å². The first-order chi connectivity index (χ1) is 11.7. The van der Waals surface area contributed by atoms with Gasteiger partial charge in [0, 0.05) is 17.5 Å². The van der Waals surface area contributed by atoms with Gasteiger partial charge < -0.3 is 10.2 Å². The first kappa shape index (κ1) is 16.2. The molecule has 2 aliphatic heterocycles. The van der Waals surface area contributed by atoms with Crippen molar-refractivity contribution in [1.82, 2.24) is 15.5 Å². The molecular weight excluding hydrogens is 318 g/mol. The Hall–Kier alpha value is -1.30. The van der Waals surface area contributed by atoms with E-state index in [9.17, 15) is 4.79 Å².